The number of thiophene rings is 1. The molecule has 26 heavy (non-hydrogen) atoms. The molecule has 0 radical (unpaired) electrons. The summed E-state index contributed by atoms with van der Waals surface area (Å²) in [5, 5.41) is 5.19. The Morgan fingerprint density at radius 3 is 2.62 bits per heavy atom. The van der Waals surface area contributed by atoms with Crippen LogP contribution in [0.1, 0.15) is 42.2 Å². The highest BCUT2D eigenvalue weighted by molar-refractivity contribution is 7.10. The fraction of sp³-hybridized carbons (Fsp3) is 0.476. The van der Waals surface area contributed by atoms with E-state index in [4.69, 9.17) is 0 Å². The summed E-state index contributed by atoms with van der Waals surface area (Å²) in [5.74, 6) is 0.0840. The quantitative estimate of drug-likeness (QED) is 0.832. The first-order chi connectivity index (χ1) is 12.8. The first-order valence-electron chi connectivity index (χ1n) is 9.66. The second kappa shape index (κ2) is 8.33. The van der Waals surface area contributed by atoms with Crippen LogP contribution in [-0.2, 0) is 11.3 Å². The van der Waals surface area contributed by atoms with Crippen LogP contribution >= 0.6 is 11.3 Å². The maximum absolute atomic E-state index is 12.5. The number of anilines is 1. The molecule has 5 heteroatoms. The maximum Gasteiger partial charge on any atom is 0.238 e. The van der Waals surface area contributed by atoms with E-state index >= 15 is 0 Å². The molecule has 2 fully saturated rings. The summed E-state index contributed by atoms with van der Waals surface area (Å²) in [6, 6.07) is 13.0. The predicted molar refractivity (Wildman–Crippen MR) is 107 cm³/mol. The van der Waals surface area contributed by atoms with Crippen LogP contribution in [0.5, 0.6) is 0 Å². The highest BCUT2D eigenvalue weighted by Gasteiger charge is 2.28. The molecule has 2 saturated heterocycles. The number of carbonyl (C=O) groups excluding carboxylic acids is 1. The molecule has 3 heterocycles. The number of carbonyl (C=O) groups is 1. The lowest BCUT2D eigenvalue weighted by Crippen LogP contribution is -2.32. The van der Waals surface area contributed by atoms with Gasteiger partial charge in [0.1, 0.15) is 0 Å². The van der Waals surface area contributed by atoms with Crippen LogP contribution in [0.25, 0.3) is 0 Å². The summed E-state index contributed by atoms with van der Waals surface area (Å²) in [6.07, 6.45) is 4.95. The van der Waals surface area contributed by atoms with Gasteiger partial charge in [-0.2, -0.15) is 0 Å². The SMILES string of the molecule is O=C(CN1CCC[C@H]1c1cccs1)Nc1ccc(CN2CCCC2)cc1. The zero-order chi connectivity index (χ0) is 17.8. The molecule has 0 unspecified atom stereocenters. The summed E-state index contributed by atoms with van der Waals surface area (Å²) >= 11 is 1.79. The molecule has 0 aliphatic carbocycles. The van der Waals surface area contributed by atoms with Crippen molar-refractivity contribution < 1.29 is 4.79 Å². The molecular weight excluding hydrogens is 342 g/mol. The van der Waals surface area contributed by atoms with Crippen molar-refractivity contribution in [3.05, 3.63) is 52.2 Å². The van der Waals surface area contributed by atoms with E-state index in [-0.39, 0.29) is 5.91 Å². The fourth-order valence-electron chi connectivity index (χ4n) is 4.10. The lowest BCUT2D eigenvalue weighted by Gasteiger charge is -2.23. The van der Waals surface area contributed by atoms with E-state index in [2.05, 4.69) is 44.8 Å². The molecule has 1 aromatic carbocycles. The Kier molecular flexibility index (Phi) is 5.68. The van der Waals surface area contributed by atoms with Crippen molar-refractivity contribution in [2.75, 3.05) is 31.5 Å². The molecule has 1 aromatic heterocycles. The van der Waals surface area contributed by atoms with Crippen molar-refractivity contribution in [2.45, 2.75) is 38.3 Å². The molecule has 0 saturated carbocycles. The van der Waals surface area contributed by atoms with E-state index in [1.54, 1.807) is 11.3 Å². The van der Waals surface area contributed by atoms with Gasteiger partial charge in [0.05, 0.1) is 6.54 Å². The lowest BCUT2D eigenvalue weighted by molar-refractivity contribution is -0.117. The van der Waals surface area contributed by atoms with Crippen LogP contribution in [0.2, 0.25) is 0 Å². The largest absolute Gasteiger partial charge is 0.325 e. The van der Waals surface area contributed by atoms with Crippen LogP contribution in [0, 0.1) is 0 Å². The van der Waals surface area contributed by atoms with Gasteiger partial charge in [-0.1, -0.05) is 18.2 Å². The molecule has 0 bridgehead atoms. The summed E-state index contributed by atoms with van der Waals surface area (Å²) in [5.41, 5.74) is 2.22. The zero-order valence-electron chi connectivity index (χ0n) is 15.2. The fourth-order valence-corrected chi connectivity index (χ4v) is 4.99. The van der Waals surface area contributed by atoms with Gasteiger partial charge in [0, 0.05) is 23.2 Å². The Balaban J connectivity index is 1.30. The Morgan fingerprint density at radius 2 is 1.88 bits per heavy atom. The van der Waals surface area contributed by atoms with Gasteiger partial charge >= 0.3 is 0 Å². The topological polar surface area (TPSA) is 35.6 Å². The zero-order valence-corrected chi connectivity index (χ0v) is 16.0. The number of nitrogens with one attached hydrogen (secondary N) is 1. The van der Waals surface area contributed by atoms with E-state index in [0.29, 0.717) is 12.6 Å². The number of hydrogen-bond donors (Lipinski definition) is 1. The normalized spacial score (nSPS) is 21.3. The minimum atomic E-state index is 0.0840. The van der Waals surface area contributed by atoms with Crippen LogP contribution in [0.3, 0.4) is 0 Å². The van der Waals surface area contributed by atoms with Gasteiger partial charge in [-0.3, -0.25) is 14.6 Å². The van der Waals surface area contributed by atoms with Gasteiger partial charge in [-0.25, -0.2) is 0 Å². The number of nitrogens with zero attached hydrogens (tertiary/aromatic N) is 2. The van der Waals surface area contributed by atoms with Crippen LogP contribution in [-0.4, -0.2) is 41.9 Å². The number of amides is 1. The summed E-state index contributed by atoms with van der Waals surface area (Å²) in [7, 11) is 0. The second-order valence-electron chi connectivity index (χ2n) is 7.37. The first kappa shape index (κ1) is 17.7. The van der Waals surface area contributed by atoms with Crippen LogP contribution in [0.4, 0.5) is 5.69 Å². The third-order valence-electron chi connectivity index (χ3n) is 5.42. The monoisotopic (exact) mass is 369 g/mol. The van der Waals surface area contributed by atoms with E-state index < -0.39 is 0 Å². The number of rotatable bonds is 6. The maximum atomic E-state index is 12.5. The van der Waals surface area contributed by atoms with Gasteiger partial charge in [0.25, 0.3) is 0 Å². The van der Waals surface area contributed by atoms with Gasteiger partial charge in [-0.05, 0) is 74.5 Å². The predicted octanol–water partition coefficient (Wildman–Crippen LogP) is 4.12. The molecule has 4 rings (SSSR count). The Bertz CT molecular complexity index is 707. The smallest absolute Gasteiger partial charge is 0.238 e. The van der Waals surface area contributed by atoms with Gasteiger partial charge in [0.2, 0.25) is 5.91 Å². The van der Waals surface area contributed by atoms with E-state index in [0.717, 1.165) is 25.2 Å². The summed E-state index contributed by atoms with van der Waals surface area (Å²) < 4.78 is 0. The average molecular weight is 370 g/mol. The van der Waals surface area contributed by atoms with Crippen molar-refractivity contribution in [1.82, 2.24) is 9.80 Å². The van der Waals surface area contributed by atoms with Crippen molar-refractivity contribution in [3.8, 4) is 0 Å². The molecule has 0 spiro atoms. The van der Waals surface area contributed by atoms with Gasteiger partial charge in [-0.15, -0.1) is 11.3 Å². The van der Waals surface area contributed by atoms with Crippen LogP contribution < -0.4 is 5.32 Å². The van der Waals surface area contributed by atoms with E-state index in [1.165, 1.54) is 42.8 Å². The lowest BCUT2D eigenvalue weighted by atomic mass is 10.2. The van der Waals surface area contributed by atoms with Gasteiger partial charge < -0.3 is 5.32 Å². The third kappa shape index (κ3) is 4.34. The van der Waals surface area contributed by atoms with Gasteiger partial charge in [0.15, 0.2) is 0 Å². The molecular formula is C21H27N3OS. The highest BCUT2D eigenvalue weighted by atomic mass is 32.1. The minimum Gasteiger partial charge on any atom is -0.325 e. The highest BCUT2D eigenvalue weighted by Crippen LogP contribution is 2.34. The molecule has 2 aromatic rings. The number of benzene rings is 1. The van der Waals surface area contributed by atoms with Crippen molar-refractivity contribution in [1.29, 1.82) is 0 Å². The van der Waals surface area contributed by atoms with Crippen molar-refractivity contribution in [2.24, 2.45) is 0 Å². The van der Waals surface area contributed by atoms with Crippen molar-refractivity contribution in [3.63, 3.8) is 0 Å². The summed E-state index contributed by atoms with van der Waals surface area (Å²) in [4.78, 5) is 18.7. The molecule has 2 aliphatic heterocycles. The Labute approximate surface area is 159 Å². The molecule has 4 nitrogen and oxygen atoms in total. The van der Waals surface area contributed by atoms with E-state index in [9.17, 15) is 4.79 Å². The Morgan fingerprint density at radius 1 is 1.08 bits per heavy atom. The third-order valence-corrected chi connectivity index (χ3v) is 6.40. The number of likely N-dealkylation sites (tertiary alicyclic amines) is 2. The summed E-state index contributed by atoms with van der Waals surface area (Å²) in [6.45, 7) is 4.91. The average Bonchev–Trinajstić information content (AvgIpc) is 3.38. The molecule has 1 atom stereocenters. The van der Waals surface area contributed by atoms with E-state index in [1.807, 2.05) is 12.1 Å². The first-order valence-corrected chi connectivity index (χ1v) is 10.5. The van der Waals surface area contributed by atoms with Crippen molar-refractivity contribution >= 4 is 22.9 Å². The minimum absolute atomic E-state index is 0.0840. The van der Waals surface area contributed by atoms with Crippen LogP contribution in [0.15, 0.2) is 41.8 Å². The number of hydrogen-bond acceptors (Lipinski definition) is 4. The molecule has 2 aliphatic rings. The second-order valence-corrected chi connectivity index (χ2v) is 8.35. The standard InChI is InChI=1S/C21H27N3OS/c25-21(16-24-13-3-5-19(24)20-6-4-14-26-20)22-18-9-7-17(8-10-18)15-23-11-1-2-12-23/h4,6-10,14,19H,1-3,5,11-13,15-16H2,(H,22,25)/t19-/m0/s1. The molecule has 138 valence electrons. The molecule has 1 N–H and O–H groups in total. The Hall–Kier alpha value is -1.69. The molecule has 1 amide bonds.